The molecule has 2 aromatic rings. The molecule has 1 saturated carbocycles. The van der Waals surface area contributed by atoms with Crippen molar-refractivity contribution >= 4 is 47.1 Å². The minimum atomic E-state index is -1.72. The lowest BCUT2D eigenvalue weighted by Gasteiger charge is -2.52. The number of benzene rings is 2. The van der Waals surface area contributed by atoms with E-state index in [0.717, 1.165) is 0 Å². The van der Waals surface area contributed by atoms with Crippen LogP contribution in [0.1, 0.15) is 40.0 Å². The maximum Gasteiger partial charge on any atom is 0.305 e. The van der Waals surface area contributed by atoms with Crippen molar-refractivity contribution < 1.29 is 29.0 Å². The van der Waals surface area contributed by atoms with Gasteiger partial charge in [0, 0.05) is 34.3 Å². The first kappa shape index (κ1) is 26.8. The first-order valence-electron chi connectivity index (χ1n) is 12.6. The number of carbonyl (C=O) groups excluding carboxylic acids is 4. The van der Waals surface area contributed by atoms with Gasteiger partial charge in [-0.05, 0) is 43.0 Å². The number of hydrogen-bond donors (Lipinski definition) is 3. The van der Waals surface area contributed by atoms with Crippen LogP contribution in [-0.2, 0) is 14.3 Å². The lowest BCUT2D eigenvalue weighted by Crippen LogP contribution is -2.80. The summed E-state index contributed by atoms with van der Waals surface area (Å²) in [6.07, 6.45) is 1.28. The molecule has 2 aromatic carbocycles. The summed E-state index contributed by atoms with van der Waals surface area (Å²) >= 11 is 2.95. The summed E-state index contributed by atoms with van der Waals surface area (Å²) in [7, 11) is 1.34. The molecule has 2 amide bonds. The standard InChI is InChI=1S/C28H30N2O6S2/c1-36-21(31)14-8-13-19-22-23(32)27(16-38-22,30-26(34)18-11-6-3-7-12-18)28(35)20(15-37-24(19)28)29-25(33)17-9-4-2-5-10-17/h2-7,9-12,19-20,22,24,35H,8,13-16H2,1H3,(H,29,33)(H,30,34). The van der Waals surface area contributed by atoms with E-state index in [2.05, 4.69) is 10.6 Å². The van der Waals surface area contributed by atoms with Crippen molar-refractivity contribution in [3.05, 3.63) is 71.8 Å². The Balaban J connectivity index is 1.49. The fraction of sp³-hybridized carbons (Fsp3) is 0.429. The number of fused-ring (bicyclic) bond motifs is 4. The van der Waals surface area contributed by atoms with E-state index in [9.17, 15) is 24.3 Å². The molecule has 5 rings (SSSR count). The van der Waals surface area contributed by atoms with Gasteiger partial charge >= 0.3 is 5.97 Å². The number of methoxy groups -OCH3 is 1. The smallest absolute Gasteiger partial charge is 0.305 e. The lowest BCUT2D eigenvalue weighted by molar-refractivity contribution is -0.145. The van der Waals surface area contributed by atoms with E-state index >= 15 is 0 Å². The van der Waals surface area contributed by atoms with Gasteiger partial charge in [-0.1, -0.05) is 36.4 Å². The number of esters is 1. The van der Waals surface area contributed by atoms with E-state index in [1.54, 1.807) is 54.6 Å². The van der Waals surface area contributed by atoms with Gasteiger partial charge in [0.25, 0.3) is 11.8 Å². The summed E-state index contributed by atoms with van der Waals surface area (Å²) in [4.78, 5) is 52.3. The molecule has 2 bridgehead atoms. The van der Waals surface area contributed by atoms with Gasteiger partial charge in [0.15, 0.2) is 5.78 Å². The van der Waals surface area contributed by atoms with Crippen LogP contribution >= 0.6 is 23.5 Å². The highest BCUT2D eigenvalue weighted by Gasteiger charge is 2.75. The van der Waals surface area contributed by atoms with E-state index in [4.69, 9.17) is 4.74 Å². The third-order valence-corrected chi connectivity index (χ3v) is 11.0. The van der Waals surface area contributed by atoms with Gasteiger partial charge in [0.1, 0.15) is 11.1 Å². The number of rotatable bonds is 8. The highest BCUT2D eigenvalue weighted by atomic mass is 32.2. The molecule has 2 saturated heterocycles. The number of ketones is 1. The van der Waals surface area contributed by atoms with E-state index in [1.807, 2.05) is 6.07 Å². The van der Waals surface area contributed by atoms with Gasteiger partial charge in [-0.15, -0.1) is 11.8 Å². The third kappa shape index (κ3) is 4.42. The number of carbonyl (C=O) groups is 4. The summed E-state index contributed by atoms with van der Waals surface area (Å²) < 4.78 is 4.77. The second-order valence-electron chi connectivity index (χ2n) is 9.92. The van der Waals surface area contributed by atoms with Crippen LogP contribution in [0.2, 0.25) is 0 Å². The molecular formula is C28H30N2O6S2. The number of Topliss-reactive ketones (excluding diaryl/α,β-unsaturated/α-hetero) is 1. The maximum atomic E-state index is 14.1. The molecule has 8 nitrogen and oxygen atoms in total. The zero-order valence-electron chi connectivity index (χ0n) is 20.9. The largest absolute Gasteiger partial charge is 0.469 e. The van der Waals surface area contributed by atoms with Crippen LogP contribution in [0.4, 0.5) is 0 Å². The van der Waals surface area contributed by atoms with E-state index in [1.165, 1.54) is 30.6 Å². The average molecular weight is 555 g/mol. The fourth-order valence-electron chi connectivity index (χ4n) is 5.96. The van der Waals surface area contributed by atoms with Gasteiger partial charge in [0.2, 0.25) is 0 Å². The topological polar surface area (TPSA) is 122 Å². The van der Waals surface area contributed by atoms with Crippen LogP contribution in [0.3, 0.4) is 0 Å². The molecule has 10 heteroatoms. The Morgan fingerprint density at radius 1 is 1.00 bits per heavy atom. The minimum Gasteiger partial charge on any atom is -0.469 e. The number of amides is 2. The van der Waals surface area contributed by atoms with Crippen LogP contribution in [0.5, 0.6) is 0 Å². The molecule has 200 valence electrons. The van der Waals surface area contributed by atoms with Crippen molar-refractivity contribution in [3.63, 3.8) is 0 Å². The van der Waals surface area contributed by atoms with Gasteiger partial charge in [-0.2, -0.15) is 11.8 Å². The Morgan fingerprint density at radius 3 is 2.26 bits per heavy atom. The van der Waals surface area contributed by atoms with Crippen molar-refractivity contribution in [2.75, 3.05) is 18.6 Å². The molecule has 2 heterocycles. The summed E-state index contributed by atoms with van der Waals surface area (Å²) in [6, 6.07) is 16.5. The molecule has 0 radical (unpaired) electrons. The first-order valence-corrected chi connectivity index (χ1v) is 14.7. The Hall–Kier alpha value is -2.82. The monoisotopic (exact) mass is 554 g/mol. The quantitative estimate of drug-likeness (QED) is 0.426. The van der Waals surface area contributed by atoms with Crippen LogP contribution in [0.25, 0.3) is 0 Å². The zero-order chi connectivity index (χ0) is 26.9. The summed E-state index contributed by atoms with van der Waals surface area (Å²) in [5, 5.41) is 17.7. The number of aliphatic hydroxyl groups is 1. The molecule has 2 aliphatic heterocycles. The summed E-state index contributed by atoms with van der Waals surface area (Å²) in [5.41, 5.74) is -2.45. The molecule has 6 unspecified atom stereocenters. The predicted octanol–water partition coefficient (Wildman–Crippen LogP) is 2.46. The molecule has 1 aliphatic carbocycles. The molecular weight excluding hydrogens is 524 g/mol. The second-order valence-corrected chi connectivity index (χ2v) is 12.2. The molecule has 3 aliphatic rings. The van der Waals surface area contributed by atoms with E-state index in [0.29, 0.717) is 29.7 Å². The van der Waals surface area contributed by atoms with Crippen molar-refractivity contribution in [1.29, 1.82) is 0 Å². The summed E-state index contributed by atoms with van der Waals surface area (Å²) in [6.45, 7) is 0. The zero-order valence-corrected chi connectivity index (χ0v) is 22.6. The Bertz CT molecular complexity index is 1230. The molecule has 0 spiro atoms. The Labute approximate surface area is 229 Å². The number of hydrogen-bond acceptors (Lipinski definition) is 8. The molecule has 6 atom stereocenters. The van der Waals surface area contributed by atoms with Crippen molar-refractivity contribution in [1.82, 2.24) is 10.6 Å². The van der Waals surface area contributed by atoms with Gasteiger partial charge < -0.3 is 20.5 Å². The highest BCUT2D eigenvalue weighted by Crippen LogP contribution is 2.59. The van der Waals surface area contributed by atoms with E-state index in [-0.39, 0.29) is 35.8 Å². The van der Waals surface area contributed by atoms with Crippen LogP contribution in [0.15, 0.2) is 60.7 Å². The van der Waals surface area contributed by atoms with Crippen LogP contribution in [-0.4, -0.2) is 75.0 Å². The van der Waals surface area contributed by atoms with Gasteiger partial charge in [-0.25, -0.2) is 0 Å². The molecule has 0 aromatic heterocycles. The Morgan fingerprint density at radius 2 is 1.63 bits per heavy atom. The average Bonchev–Trinajstić information content (AvgIpc) is 3.42. The SMILES string of the molecule is COC(=O)CCCC1C2SCC(NC(=O)c3ccccc3)(C2=O)C2(O)C(NC(=O)c3ccccc3)CSC12. The Kier molecular flexibility index (Phi) is 7.57. The third-order valence-electron chi connectivity index (χ3n) is 7.88. The number of nitrogens with one attached hydrogen (secondary N) is 2. The lowest BCUT2D eigenvalue weighted by atomic mass is 9.61. The van der Waals surface area contributed by atoms with Crippen LogP contribution < -0.4 is 10.6 Å². The predicted molar refractivity (Wildman–Crippen MR) is 146 cm³/mol. The number of ether oxygens (including phenoxy) is 1. The van der Waals surface area contributed by atoms with Crippen molar-refractivity contribution in [2.24, 2.45) is 5.92 Å². The van der Waals surface area contributed by atoms with Crippen molar-refractivity contribution in [3.8, 4) is 0 Å². The maximum absolute atomic E-state index is 14.1. The van der Waals surface area contributed by atoms with Gasteiger partial charge in [-0.3, -0.25) is 19.2 Å². The normalized spacial score (nSPS) is 31.4. The van der Waals surface area contributed by atoms with Gasteiger partial charge in [0.05, 0.1) is 18.4 Å². The van der Waals surface area contributed by atoms with Crippen molar-refractivity contribution in [2.45, 2.75) is 46.9 Å². The van der Waals surface area contributed by atoms with E-state index < -0.39 is 33.6 Å². The second kappa shape index (κ2) is 10.7. The molecule has 3 fully saturated rings. The molecule has 38 heavy (non-hydrogen) atoms. The minimum absolute atomic E-state index is 0.202. The fourth-order valence-corrected chi connectivity index (χ4v) is 9.72. The summed E-state index contributed by atoms with van der Waals surface area (Å²) in [5.74, 6) is -0.976. The first-order chi connectivity index (χ1) is 18.3. The highest BCUT2D eigenvalue weighted by molar-refractivity contribution is 8.02. The van der Waals surface area contributed by atoms with Crippen LogP contribution in [0, 0.1) is 5.92 Å². The molecule has 3 N–H and O–H groups in total. The number of thioether (sulfide) groups is 2.